The van der Waals surface area contributed by atoms with Crippen LogP contribution >= 0.6 is 0 Å². The van der Waals surface area contributed by atoms with Crippen molar-refractivity contribution in [3.8, 4) is 0 Å². The van der Waals surface area contributed by atoms with Gasteiger partial charge >= 0.3 is 0 Å². The Bertz CT molecular complexity index is 854. The summed E-state index contributed by atoms with van der Waals surface area (Å²) >= 11 is 0. The van der Waals surface area contributed by atoms with E-state index in [0.717, 1.165) is 5.39 Å². The van der Waals surface area contributed by atoms with Crippen molar-refractivity contribution >= 4 is 16.9 Å². The summed E-state index contributed by atoms with van der Waals surface area (Å²) in [6, 6.07) is 7.08. The first-order chi connectivity index (χ1) is 11.2. The highest BCUT2D eigenvalue weighted by Gasteiger charge is 2.34. The van der Waals surface area contributed by atoms with E-state index >= 15 is 0 Å². The molecule has 23 heavy (non-hydrogen) atoms. The topological polar surface area (TPSA) is 81.6 Å². The molecule has 1 amide bonds. The van der Waals surface area contributed by atoms with Gasteiger partial charge in [-0.1, -0.05) is 23.4 Å². The van der Waals surface area contributed by atoms with Crippen LogP contribution in [-0.2, 0) is 4.74 Å². The quantitative estimate of drug-likeness (QED) is 0.722. The fourth-order valence-corrected chi connectivity index (χ4v) is 2.80. The summed E-state index contributed by atoms with van der Waals surface area (Å²) in [5.74, 6) is 0.800. The maximum Gasteiger partial charge on any atom is 0.258 e. The van der Waals surface area contributed by atoms with E-state index in [1.807, 2.05) is 24.3 Å². The summed E-state index contributed by atoms with van der Waals surface area (Å²) in [6.07, 6.45) is 1.50. The van der Waals surface area contributed by atoms with Gasteiger partial charge in [-0.2, -0.15) is 4.98 Å². The summed E-state index contributed by atoms with van der Waals surface area (Å²) in [7, 11) is 0. The van der Waals surface area contributed by atoms with Crippen LogP contribution in [0.5, 0.6) is 0 Å². The van der Waals surface area contributed by atoms with E-state index in [4.69, 9.17) is 13.7 Å². The number of furan rings is 1. The van der Waals surface area contributed by atoms with Gasteiger partial charge in [0.05, 0.1) is 18.8 Å². The Morgan fingerprint density at radius 1 is 1.35 bits per heavy atom. The lowest BCUT2D eigenvalue weighted by Crippen LogP contribution is -2.43. The molecule has 1 aliphatic rings. The molecule has 0 radical (unpaired) electrons. The van der Waals surface area contributed by atoms with Gasteiger partial charge < -0.3 is 18.6 Å². The Morgan fingerprint density at radius 2 is 2.22 bits per heavy atom. The Kier molecular flexibility index (Phi) is 3.34. The average Bonchev–Trinajstić information content (AvgIpc) is 3.20. The number of carbonyl (C=O) groups is 1. The normalized spacial score (nSPS) is 18.5. The number of carbonyl (C=O) groups excluding carboxylic acids is 1. The van der Waals surface area contributed by atoms with Crippen LogP contribution in [0, 0.1) is 6.92 Å². The number of rotatable bonds is 2. The van der Waals surface area contributed by atoms with Crippen molar-refractivity contribution in [3.63, 3.8) is 0 Å². The third kappa shape index (κ3) is 2.39. The fourth-order valence-electron chi connectivity index (χ4n) is 2.80. The second kappa shape index (κ2) is 5.51. The van der Waals surface area contributed by atoms with Gasteiger partial charge in [0.15, 0.2) is 5.82 Å². The van der Waals surface area contributed by atoms with Crippen molar-refractivity contribution in [2.45, 2.75) is 13.0 Å². The molecule has 1 atom stereocenters. The Morgan fingerprint density at radius 3 is 3.04 bits per heavy atom. The van der Waals surface area contributed by atoms with Crippen molar-refractivity contribution in [3.05, 3.63) is 47.8 Å². The maximum absolute atomic E-state index is 13.0. The van der Waals surface area contributed by atoms with Crippen LogP contribution in [0.15, 0.2) is 39.5 Å². The van der Waals surface area contributed by atoms with E-state index in [-0.39, 0.29) is 11.9 Å². The van der Waals surface area contributed by atoms with Gasteiger partial charge in [0.1, 0.15) is 17.9 Å². The lowest BCUT2D eigenvalue weighted by atomic mass is 10.1. The predicted octanol–water partition coefficient (Wildman–Crippen LogP) is 2.34. The van der Waals surface area contributed by atoms with Gasteiger partial charge in [0.25, 0.3) is 11.8 Å². The number of para-hydroxylation sites is 1. The third-order valence-electron chi connectivity index (χ3n) is 3.93. The van der Waals surface area contributed by atoms with Gasteiger partial charge in [0, 0.05) is 11.9 Å². The molecule has 0 aliphatic carbocycles. The molecule has 3 heterocycles. The number of aromatic nitrogens is 2. The first kappa shape index (κ1) is 14.0. The van der Waals surface area contributed by atoms with E-state index in [2.05, 4.69) is 10.1 Å². The summed E-state index contributed by atoms with van der Waals surface area (Å²) < 4.78 is 16.2. The number of morpholine rings is 1. The van der Waals surface area contributed by atoms with Crippen molar-refractivity contribution in [2.75, 3.05) is 19.8 Å². The smallest absolute Gasteiger partial charge is 0.258 e. The van der Waals surface area contributed by atoms with Crippen LogP contribution in [0.4, 0.5) is 0 Å². The molecule has 0 spiro atoms. The molecule has 2 aromatic heterocycles. The zero-order valence-electron chi connectivity index (χ0n) is 12.6. The van der Waals surface area contributed by atoms with Crippen molar-refractivity contribution < 1.29 is 18.5 Å². The molecular weight excluding hydrogens is 298 g/mol. The van der Waals surface area contributed by atoms with Gasteiger partial charge in [-0.05, 0) is 13.0 Å². The van der Waals surface area contributed by atoms with Gasteiger partial charge in [0.2, 0.25) is 0 Å². The summed E-state index contributed by atoms with van der Waals surface area (Å²) in [4.78, 5) is 18.9. The minimum atomic E-state index is -0.383. The molecule has 1 fully saturated rings. The first-order valence-electron chi connectivity index (χ1n) is 7.39. The van der Waals surface area contributed by atoms with Gasteiger partial charge in [-0.3, -0.25) is 4.79 Å². The van der Waals surface area contributed by atoms with Crippen molar-refractivity contribution in [2.24, 2.45) is 0 Å². The Labute approximate surface area is 131 Å². The van der Waals surface area contributed by atoms with E-state index in [9.17, 15) is 4.79 Å². The Balaban J connectivity index is 1.70. The molecule has 0 saturated carbocycles. The zero-order valence-corrected chi connectivity index (χ0v) is 12.6. The van der Waals surface area contributed by atoms with Crippen LogP contribution in [0.25, 0.3) is 11.0 Å². The van der Waals surface area contributed by atoms with Crippen LogP contribution in [0.3, 0.4) is 0 Å². The maximum atomic E-state index is 13.0. The SMILES string of the molecule is Cc1noc(C2COCCN2C(=O)c2coc3ccccc23)n1. The molecule has 0 bridgehead atoms. The van der Waals surface area contributed by atoms with Crippen LogP contribution in [0.1, 0.15) is 28.1 Å². The minimum Gasteiger partial charge on any atom is -0.463 e. The number of fused-ring (bicyclic) bond motifs is 1. The number of benzene rings is 1. The second-order valence-corrected chi connectivity index (χ2v) is 5.41. The standard InChI is InChI=1S/C16H15N3O4/c1-10-17-15(23-18-10)13-9-21-7-6-19(13)16(20)12-8-22-14-5-3-2-4-11(12)14/h2-5,8,13H,6-7,9H2,1H3. The average molecular weight is 313 g/mol. The van der Waals surface area contributed by atoms with Crippen LogP contribution in [-0.4, -0.2) is 40.7 Å². The first-order valence-corrected chi connectivity index (χ1v) is 7.39. The molecule has 1 aromatic carbocycles. The highest BCUT2D eigenvalue weighted by molar-refractivity contribution is 6.06. The lowest BCUT2D eigenvalue weighted by molar-refractivity contribution is -0.0118. The number of hydrogen-bond donors (Lipinski definition) is 0. The highest BCUT2D eigenvalue weighted by Crippen LogP contribution is 2.28. The van der Waals surface area contributed by atoms with Gasteiger partial charge in [-0.15, -0.1) is 0 Å². The van der Waals surface area contributed by atoms with E-state index in [1.165, 1.54) is 6.26 Å². The van der Waals surface area contributed by atoms with Crippen LogP contribution in [0.2, 0.25) is 0 Å². The molecule has 1 aliphatic heterocycles. The monoisotopic (exact) mass is 313 g/mol. The summed E-state index contributed by atoms with van der Waals surface area (Å²) in [6.45, 7) is 3.02. The molecule has 0 N–H and O–H groups in total. The zero-order chi connectivity index (χ0) is 15.8. The molecule has 118 valence electrons. The van der Waals surface area contributed by atoms with E-state index in [1.54, 1.807) is 11.8 Å². The number of nitrogens with zero attached hydrogens (tertiary/aromatic N) is 3. The largest absolute Gasteiger partial charge is 0.463 e. The lowest BCUT2D eigenvalue weighted by Gasteiger charge is -2.33. The van der Waals surface area contributed by atoms with Crippen LogP contribution < -0.4 is 0 Å². The minimum absolute atomic E-state index is 0.126. The molecule has 4 rings (SSSR count). The molecule has 1 saturated heterocycles. The van der Waals surface area contributed by atoms with E-state index in [0.29, 0.717) is 42.6 Å². The predicted molar refractivity (Wildman–Crippen MR) is 79.8 cm³/mol. The molecule has 7 heteroatoms. The van der Waals surface area contributed by atoms with Crippen molar-refractivity contribution in [1.82, 2.24) is 15.0 Å². The van der Waals surface area contributed by atoms with E-state index < -0.39 is 0 Å². The Hall–Kier alpha value is -2.67. The number of amides is 1. The molecule has 7 nitrogen and oxygen atoms in total. The fraction of sp³-hybridized carbons (Fsp3) is 0.312. The highest BCUT2D eigenvalue weighted by atomic mass is 16.5. The third-order valence-corrected chi connectivity index (χ3v) is 3.93. The summed E-state index contributed by atoms with van der Waals surface area (Å²) in [5, 5.41) is 4.60. The number of ether oxygens (including phenoxy) is 1. The van der Waals surface area contributed by atoms with Crippen molar-refractivity contribution in [1.29, 1.82) is 0 Å². The van der Waals surface area contributed by atoms with Gasteiger partial charge in [-0.25, -0.2) is 0 Å². The number of hydrogen-bond acceptors (Lipinski definition) is 6. The summed E-state index contributed by atoms with van der Waals surface area (Å²) in [5.41, 5.74) is 1.22. The number of aryl methyl sites for hydroxylation is 1. The second-order valence-electron chi connectivity index (χ2n) is 5.41. The molecular formula is C16H15N3O4. The molecule has 1 unspecified atom stereocenters. The molecule has 3 aromatic rings.